The molecule has 3 rings (SSSR count). The molecule has 0 saturated carbocycles. The lowest BCUT2D eigenvalue weighted by atomic mass is 9.86. The van der Waals surface area contributed by atoms with E-state index in [1.165, 1.54) is 0 Å². The summed E-state index contributed by atoms with van der Waals surface area (Å²) in [4.78, 5) is 0. The largest absolute Gasteiger partial charge is 0.377 e. The van der Waals surface area contributed by atoms with Crippen LogP contribution in [0.15, 0.2) is 59.7 Å². The van der Waals surface area contributed by atoms with E-state index in [9.17, 15) is 5.11 Å². The number of rotatable bonds is 2. The molecule has 0 saturated heterocycles. The summed E-state index contributed by atoms with van der Waals surface area (Å²) >= 11 is 5.89. The van der Waals surface area contributed by atoms with E-state index in [0.29, 0.717) is 17.3 Å². The highest BCUT2D eigenvalue weighted by molar-refractivity contribution is 6.30. The molecule has 96 valence electrons. The van der Waals surface area contributed by atoms with E-state index in [-0.39, 0.29) is 0 Å². The Hall–Kier alpha value is -1.84. The number of halogens is 1. The summed E-state index contributed by atoms with van der Waals surface area (Å²) in [7, 11) is 0. The van der Waals surface area contributed by atoms with E-state index < -0.39 is 5.60 Å². The predicted molar refractivity (Wildman–Crippen MR) is 76.3 cm³/mol. The number of hydrogen-bond acceptors (Lipinski definition) is 3. The number of aliphatic hydroxyl groups is 1. The van der Waals surface area contributed by atoms with Crippen LogP contribution in [0.2, 0.25) is 5.02 Å². The number of nitrogens with zero attached hydrogens (tertiary/aromatic N) is 1. The molecule has 1 unspecified atom stereocenters. The van der Waals surface area contributed by atoms with Gasteiger partial charge in [0.1, 0.15) is 5.71 Å². The van der Waals surface area contributed by atoms with Gasteiger partial charge in [0.15, 0.2) is 5.60 Å². The molecule has 0 aliphatic carbocycles. The summed E-state index contributed by atoms with van der Waals surface area (Å²) in [6.45, 7) is 0.370. The zero-order valence-electron chi connectivity index (χ0n) is 10.2. The maximum Gasteiger partial charge on any atom is 0.152 e. The lowest BCUT2D eigenvalue weighted by molar-refractivity contribution is 0.123. The van der Waals surface area contributed by atoms with Crippen LogP contribution in [0, 0.1) is 0 Å². The minimum absolute atomic E-state index is 0.370. The summed E-state index contributed by atoms with van der Waals surface area (Å²) in [5.74, 6) is 0. The van der Waals surface area contributed by atoms with Crippen LogP contribution >= 0.6 is 11.6 Å². The molecule has 0 spiro atoms. The number of hydrogen-bond donors (Lipinski definition) is 2. The highest BCUT2D eigenvalue weighted by Crippen LogP contribution is 2.29. The zero-order chi connectivity index (χ0) is 13.3. The fourth-order valence-electron chi connectivity index (χ4n) is 2.27. The van der Waals surface area contributed by atoms with Gasteiger partial charge in [0.25, 0.3) is 0 Å². The van der Waals surface area contributed by atoms with Gasteiger partial charge in [-0.05, 0) is 17.7 Å². The molecule has 1 aliphatic rings. The average molecular weight is 273 g/mol. The summed E-state index contributed by atoms with van der Waals surface area (Å²) in [5, 5.41) is 15.8. The highest BCUT2D eigenvalue weighted by Gasteiger charge is 2.39. The van der Waals surface area contributed by atoms with Crippen molar-refractivity contribution < 1.29 is 5.11 Å². The number of nitrogens with one attached hydrogen (secondary N) is 1. The molecular formula is C15H13ClN2O. The Balaban J connectivity index is 2.04. The molecule has 1 atom stereocenters. The van der Waals surface area contributed by atoms with E-state index in [4.69, 9.17) is 11.6 Å². The maximum atomic E-state index is 10.9. The van der Waals surface area contributed by atoms with E-state index >= 15 is 0 Å². The molecule has 0 fully saturated rings. The molecule has 0 aromatic heterocycles. The highest BCUT2D eigenvalue weighted by atomic mass is 35.5. The predicted octanol–water partition coefficient (Wildman–Crippen LogP) is 2.54. The minimum Gasteiger partial charge on any atom is -0.377 e. The van der Waals surface area contributed by atoms with Gasteiger partial charge < -0.3 is 10.5 Å². The molecule has 2 aromatic carbocycles. The summed E-state index contributed by atoms with van der Waals surface area (Å²) in [5.41, 5.74) is 4.09. The number of β-amino-alcohol motifs (C(OH)–C–C–N with tert-alkyl or cyclic N) is 1. The third-order valence-corrected chi connectivity index (χ3v) is 3.54. The van der Waals surface area contributed by atoms with Gasteiger partial charge in [0.2, 0.25) is 0 Å². The van der Waals surface area contributed by atoms with Crippen LogP contribution in [-0.2, 0) is 5.60 Å². The van der Waals surface area contributed by atoms with Crippen LogP contribution in [0.25, 0.3) is 0 Å². The average Bonchev–Trinajstić information content (AvgIpc) is 2.84. The molecule has 1 heterocycles. The lowest BCUT2D eigenvalue weighted by Crippen LogP contribution is -2.37. The molecule has 19 heavy (non-hydrogen) atoms. The first-order valence-electron chi connectivity index (χ1n) is 6.05. The van der Waals surface area contributed by atoms with Crippen LogP contribution in [-0.4, -0.2) is 17.4 Å². The van der Waals surface area contributed by atoms with Gasteiger partial charge in [-0.25, -0.2) is 0 Å². The zero-order valence-corrected chi connectivity index (χ0v) is 10.9. The summed E-state index contributed by atoms with van der Waals surface area (Å²) in [6, 6.07) is 16.9. The second kappa shape index (κ2) is 4.68. The Labute approximate surface area is 116 Å². The Bertz CT molecular complexity index is 610. The SMILES string of the molecule is OC1(c2ccccc2)CNN=C1c1ccc(Cl)cc1. The van der Waals surface area contributed by atoms with E-state index in [1.807, 2.05) is 42.5 Å². The third-order valence-electron chi connectivity index (χ3n) is 3.29. The Morgan fingerprint density at radius 1 is 1.05 bits per heavy atom. The van der Waals surface area contributed by atoms with Crippen molar-refractivity contribution in [2.75, 3.05) is 6.54 Å². The molecule has 0 amide bonds. The van der Waals surface area contributed by atoms with Crippen molar-refractivity contribution in [1.29, 1.82) is 0 Å². The van der Waals surface area contributed by atoms with Gasteiger partial charge >= 0.3 is 0 Å². The lowest BCUT2D eigenvalue weighted by Gasteiger charge is -2.24. The van der Waals surface area contributed by atoms with Gasteiger partial charge in [-0.15, -0.1) is 0 Å². The smallest absolute Gasteiger partial charge is 0.152 e. The first-order chi connectivity index (χ1) is 9.20. The molecule has 2 aromatic rings. The van der Waals surface area contributed by atoms with Crippen molar-refractivity contribution in [3.8, 4) is 0 Å². The first-order valence-corrected chi connectivity index (χ1v) is 6.43. The second-order valence-corrected chi connectivity index (χ2v) is 4.96. The molecule has 2 N–H and O–H groups in total. The molecular weight excluding hydrogens is 260 g/mol. The van der Waals surface area contributed by atoms with Crippen LogP contribution in [0.1, 0.15) is 11.1 Å². The van der Waals surface area contributed by atoms with E-state index in [1.54, 1.807) is 12.1 Å². The Kier molecular flexibility index (Phi) is 3.01. The molecule has 1 aliphatic heterocycles. The fourth-order valence-corrected chi connectivity index (χ4v) is 2.40. The van der Waals surface area contributed by atoms with Crippen LogP contribution in [0.3, 0.4) is 0 Å². The van der Waals surface area contributed by atoms with Crippen molar-refractivity contribution in [2.24, 2.45) is 5.10 Å². The summed E-state index contributed by atoms with van der Waals surface area (Å²) < 4.78 is 0. The van der Waals surface area contributed by atoms with Crippen LogP contribution < -0.4 is 5.43 Å². The number of benzene rings is 2. The standard InChI is InChI=1S/C15H13ClN2O/c16-13-8-6-11(7-9-13)14-15(19,10-17-18-14)12-4-2-1-3-5-12/h1-9,17,19H,10H2. The topological polar surface area (TPSA) is 44.6 Å². The fraction of sp³-hybridized carbons (Fsp3) is 0.133. The summed E-state index contributed by atoms with van der Waals surface area (Å²) in [6.07, 6.45) is 0. The molecule has 0 bridgehead atoms. The van der Waals surface area contributed by atoms with Gasteiger partial charge in [0, 0.05) is 10.6 Å². The van der Waals surface area contributed by atoms with E-state index in [2.05, 4.69) is 10.5 Å². The Morgan fingerprint density at radius 3 is 2.42 bits per heavy atom. The molecule has 0 radical (unpaired) electrons. The van der Waals surface area contributed by atoms with Crippen LogP contribution in [0.4, 0.5) is 0 Å². The normalized spacial score (nSPS) is 21.9. The van der Waals surface area contributed by atoms with Gasteiger partial charge in [-0.2, -0.15) is 5.10 Å². The van der Waals surface area contributed by atoms with Gasteiger partial charge in [0.05, 0.1) is 6.54 Å². The molecule has 4 heteroatoms. The second-order valence-electron chi connectivity index (χ2n) is 4.53. The van der Waals surface area contributed by atoms with Gasteiger partial charge in [-0.1, -0.05) is 54.1 Å². The minimum atomic E-state index is -1.10. The monoisotopic (exact) mass is 272 g/mol. The van der Waals surface area contributed by atoms with Crippen molar-refractivity contribution in [3.63, 3.8) is 0 Å². The van der Waals surface area contributed by atoms with Crippen molar-refractivity contribution >= 4 is 17.3 Å². The van der Waals surface area contributed by atoms with Crippen molar-refractivity contribution in [3.05, 3.63) is 70.7 Å². The molecule has 3 nitrogen and oxygen atoms in total. The first kappa shape index (κ1) is 12.2. The van der Waals surface area contributed by atoms with E-state index in [0.717, 1.165) is 11.1 Å². The quantitative estimate of drug-likeness (QED) is 0.882. The number of hydrazone groups is 1. The van der Waals surface area contributed by atoms with Gasteiger partial charge in [-0.3, -0.25) is 0 Å². The maximum absolute atomic E-state index is 10.9. The Morgan fingerprint density at radius 2 is 1.74 bits per heavy atom. The third kappa shape index (κ3) is 2.11. The van der Waals surface area contributed by atoms with Crippen LogP contribution in [0.5, 0.6) is 0 Å². The van der Waals surface area contributed by atoms with Crippen molar-refractivity contribution in [1.82, 2.24) is 5.43 Å². The van der Waals surface area contributed by atoms with Crippen molar-refractivity contribution in [2.45, 2.75) is 5.60 Å².